The molecule has 0 amide bonds. The van der Waals surface area contributed by atoms with Crippen molar-refractivity contribution in [3.05, 3.63) is 11.9 Å². The normalized spacial score (nSPS) is 20.9. The molecule has 0 aromatic carbocycles. The van der Waals surface area contributed by atoms with Gasteiger partial charge >= 0.3 is 0 Å². The minimum absolute atomic E-state index is 0.411. The second-order valence-electron chi connectivity index (χ2n) is 5.64. The van der Waals surface area contributed by atoms with E-state index in [2.05, 4.69) is 52.9 Å². The molecular formula is C14H25N5. The molecule has 1 aliphatic rings. The third-order valence-corrected chi connectivity index (χ3v) is 3.94. The van der Waals surface area contributed by atoms with Crippen molar-refractivity contribution in [3.63, 3.8) is 0 Å². The van der Waals surface area contributed by atoms with Gasteiger partial charge in [-0.25, -0.2) is 9.97 Å². The Morgan fingerprint density at radius 1 is 1.32 bits per heavy atom. The highest BCUT2D eigenvalue weighted by atomic mass is 15.3. The molecule has 106 valence electrons. The zero-order chi connectivity index (χ0) is 14.0. The smallest absolute Gasteiger partial charge is 0.137 e. The number of rotatable bonds is 3. The molecule has 0 spiro atoms. The van der Waals surface area contributed by atoms with Crippen LogP contribution >= 0.6 is 0 Å². The Morgan fingerprint density at radius 3 is 2.63 bits per heavy atom. The highest BCUT2D eigenvalue weighted by Gasteiger charge is 2.25. The predicted octanol–water partition coefficient (Wildman–Crippen LogP) is 1.78. The van der Waals surface area contributed by atoms with Crippen molar-refractivity contribution in [3.8, 4) is 0 Å². The summed E-state index contributed by atoms with van der Waals surface area (Å²) < 4.78 is 0. The van der Waals surface area contributed by atoms with E-state index in [1.807, 2.05) is 7.05 Å². The van der Waals surface area contributed by atoms with E-state index >= 15 is 0 Å². The maximum atomic E-state index is 4.55. The number of hydrogen-bond acceptors (Lipinski definition) is 5. The molecule has 0 radical (unpaired) electrons. The first-order valence-corrected chi connectivity index (χ1v) is 7.02. The van der Waals surface area contributed by atoms with Gasteiger partial charge in [-0.1, -0.05) is 13.8 Å². The number of nitrogens with one attached hydrogen (secondary N) is 1. The maximum Gasteiger partial charge on any atom is 0.137 e. The van der Waals surface area contributed by atoms with Gasteiger partial charge in [0.1, 0.15) is 18.0 Å². The topological polar surface area (TPSA) is 44.3 Å². The summed E-state index contributed by atoms with van der Waals surface area (Å²) in [6.45, 7) is 9.79. The van der Waals surface area contributed by atoms with Crippen LogP contribution in [0.25, 0.3) is 0 Å². The van der Waals surface area contributed by atoms with Gasteiger partial charge < -0.3 is 15.1 Å². The summed E-state index contributed by atoms with van der Waals surface area (Å²) in [5.74, 6) is 2.45. The van der Waals surface area contributed by atoms with Gasteiger partial charge in [0, 0.05) is 38.3 Å². The van der Waals surface area contributed by atoms with Crippen LogP contribution in [0.2, 0.25) is 0 Å². The molecular weight excluding hydrogens is 238 g/mol. The number of piperazine rings is 1. The van der Waals surface area contributed by atoms with Crippen molar-refractivity contribution in [1.82, 2.24) is 14.9 Å². The monoisotopic (exact) mass is 263 g/mol. The minimum atomic E-state index is 0.411. The lowest BCUT2D eigenvalue weighted by atomic mass is 10.0. The minimum Gasteiger partial charge on any atom is -0.373 e. The standard InChI is InChI=1S/C14H25N5/c1-10(2)12-13(15-4)16-9-17-14(12)19-7-6-18(5)11(3)8-19/h9-11H,6-8H2,1-5H3,(H,15,16,17). The average Bonchev–Trinajstić information content (AvgIpc) is 2.40. The van der Waals surface area contributed by atoms with Crippen LogP contribution in [-0.2, 0) is 0 Å². The maximum absolute atomic E-state index is 4.55. The second kappa shape index (κ2) is 5.74. The molecule has 5 nitrogen and oxygen atoms in total. The summed E-state index contributed by atoms with van der Waals surface area (Å²) in [5.41, 5.74) is 1.22. The summed E-state index contributed by atoms with van der Waals surface area (Å²) in [6.07, 6.45) is 1.66. The first-order chi connectivity index (χ1) is 9.04. The molecule has 5 heteroatoms. The van der Waals surface area contributed by atoms with E-state index in [4.69, 9.17) is 0 Å². The lowest BCUT2D eigenvalue weighted by Crippen LogP contribution is -2.50. The molecule has 1 aromatic rings. The van der Waals surface area contributed by atoms with Crippen LogP contribution in [0.15, 0.2) is 6.33 Å². The Bertz CT molecular complexity index is 432. The zero-order valence-corrected chi connectivity index (χ0v) is 12.6. The largest absolute Gasteiger partial charge is 0.373 e. The van der Waals surface area contributed by atoms with Crippen LogP contribution in [-0.4, -0.2) is 54.6 Å². The molecule has 0 aliphatic carbocycles. The van der Waals surface area contributed by atoms with Crippen molar-refractivity contribution in [2.75, 3.05) is 43.9 Å². The van der Waals surface area contributed by atoms with Gasteiger partial charge in [-0.15, -0.1) is 0 Å². The predicted molar refractivity (Wildman–Crippen MR) is 80.0 cm³/mol. The molecule has 1 saturated heterocycles. The number of aromatic nitrogens is 2. The van der Waals surface area contributed by atoms with Crippen LogP contribution in [0.3, 0.4) is 0 Å². The van der Waals surface area contributed by atoms with Crippen LogP contribution in [0.1, 0.15) is 32.3 Å². The van der Waals surface area contributed by atoms with Crippen molar-refractivity contribution in [1.29, 1.82) is 0 Å². The zero-order valence-electron chi connectivity index (χ0n) is 12.6. The van der Waals surface area contributed by atoms with Gasteiger partial charge in [0.2, 0.25) is 0 Å². The molecule has 1 aromatic heterocycles. The summed E-state index contributed by atoms with van der Waals surface area (Å²) >= 11 is 0. The highest BCUT2D eigenvalue weighted by molar-refractivity contribution is 5.60. The van der Waals surface area contributed by atoms with Gasteiger partial charge in [-0.05, 0) is 19.9 Å². The van der Waals surface area contributed by atoms with Crippen LogP contribution in [0, 0.1) is 0 Å². The summed E-state index contributed by atoms with van der Waals surface area (Å²) in [4.78, 5) is 13.7. The molecule has 1 aliphatic heterocycles. The number of nitrogens with zero attached hydrogens (tertiary/aromatic N) is 4. The van der Waals surface area contributed by atoms with E-state index in [-0.39, 0.29) is 0 Å². The first-order valence-electron chi connectivity index (χ1n) is 7.02. The average molecular weight is 263 g/mol. The quantitative estimate of drug-likeness (QED) is 0.900. The van der Waals surface area contributed by atoms with E-state index in [9.17, 15) is 0 Å². The summed E-state index contributed by atoms with van der Waals surface area (Å²) in [5, 5.41) is 3.19. The fourth-order valence-corrected chi connectivity index (χ4v) is 2.61. The van der Waals surface area contributed by atoms with Crippen LogP contribution in [0.4, 0.5) is 11.6 Å². The van der Waals surface area contributed by atoms with Crippen molar-refractivity contribution in [2.45, 2.75) is 32.7 Å². The number of anilines is 2. The van der Waals surface area contributed by atoms with Crippen molar-refractivity contribution < 1.29 is 0 Å². The lowest BCUT2D eigenvalue weighted by Gasteiger charge is -2.39. The summed E-state index contributed by atoms with van der Waals surface area (Å²) in [7, 11) is 4.11. The first kappa shape index (κ1) is 14.1. The van der Waals surface area contributed by atoms with Gasteiger partial charge in [-0.2, -0.15) is 0 Å². The Morgan fingerprint density at radius 2 is 2.05 bits per heavy atom. The SMILES string of the molecule is CNc1ncnc(N2CCN(C)C(C)C2)c1C(C)C. The van der Waals surface area contributed by atoms with E-state index in [1.165, 1.54) is 5.56 Å². The van der Waals surface area contributed by atoms with E-state index in [0.717, 1.165) is 31.3 Å². The van der Waals surface area contributed by atoms with Gasteiger partial charge in [0.25, 0.3) is 0 Å². The molecule has 0 saturated carbocycles. The second-order valence-corrected chi connectivity index (χ2v) is 5.64. The fourth-order valence-electron chi connectivity index (χ4n) is 2.61. The Balaban J connectivity index is 2.34. The van der Waals surface area contributed by atoms with Gasteiger partial charge in [0.15, 0.2) is 0 Å². The molecule has 2 rings (SSSR count). The molecule has 1 unspecified atom stereocenters. The molecule has 19 heavy (non-hydrogen) atoms. The third kappa shape index (κ3) is 2.81. The summed E-state index contributed by atoms with van der Waals surface area (Å²) in [6, 6.07) is 0.557. The molecule has 0 bridgehead atoms. The van der Waals surface area contributed by atoms with E-state index in [1.54, 1.807) is 6.33 Å². The van der Waals surface area contributed by atoms with E-state index < -0.39 is 0 Å². The van der Waals surface area contributed by atoms with Crippen LogP contribution < -0.4 is 10.2 Å². The lowest BCUT2D eigenvalue weighted by molar-refractivity contribution is 0.233. The molecule has 2 heterocycles. The van der Waals surface area contributed by atoms with Crippen molar-refractivity contribution in [2.24, 2.45) is 0 Å². The molecule has 1 atom stereocenters. The Hall–Kier alpha value is -1.36. The number of hydrogen-bond donors (Lipinski definition) is 1. The molecule has 1 fully saturated rings. The molecule has 1 N–H and O–H groups in total. The van der Waals surface area contributed by atoms with Crippen LogP contribution in [0.5, 0.6) is 0 Å². The Labute approximate surface area is 116 Å². The highest BCUT2D eigenvalue weighted by Crippen LogP contribution is 2.31. The van der Waals surface area contributed by atoms with Gasteiger partial charge in [-0.3, -0.25) is 0 Å². The third-order valence-electron chi connectivity index (χ3n) is 3.94. The fraction of sp³-hybridized carbons (Fsp3) is 0.714. The van der Waals surface area contributed by atoms with E-state index in [0.29, 0.717) is 12.0 Å². The number of likely N-dealkylation sites (N-methyl/N-ethyl adjacent to an activating group) is 1. The van der Waals surface area contributed by atoms with Gasteiger partial charge in [0.05, 0.1) is 0 Å². The van der Waals surface area contributed by atoms with Crippen molar-refractivity contribution >= 4 is 11.6 Å². The Kier molecular flexibility index (Phi) is 4.24.